The van der Waals surface area contributed by atoms with Crippen LogP contribution in [-0.2, 0) is 26.2 Å². The predicted molar refractivity (Wildman–Crippen MR) is 191 cm³/mol. The van der Waals surface area contributed by atoms with Crippen molar-refractivity contribution in [2.45, 2.75) is 32.6 Å². The fourth-order valence-corrected chi connectivity index (χ4v) is 10.5. The molecule has 3 N–H and O–H groups in total. The van der Waals surface area contributed by atoms with Crippen molar-refractivity contribution in [2.75, 3.05) is 19.1 Å². The number of likely N-dealkylation sites (tertiary alicyclic amines) is 1. The maximum Gasteiger partial charge on any atom is 0.328 e. The van der Waals surface area contributed by atoms with Crippen LogP contribution in [-0.4, -0.2) is 63.7 Å². The zero-order chi connectivity index (χ0) is 37.1. The Morgan fingerprint density at radius 1 is 1.06 bits per heavy atom. The van der Waals surface area contributed by atoms with Crippen LogP contribution in [0.5, 0.6) is 17.2 Å². The number of hydrogen-bond acceptors (Lipinski definition) is 10. The van der Waals surface area contributed by atoms with Gasteiger partial charge in [-0.2, -0.15) is 10.00 Å². The van der Waals surface area contributed by atoms with Gasteiger partial charge in [-0.05, 0) is 61.8 Å². The Kier molecular flexibility index (Phi) is 7.60. The number of amides is 6. The number of phenols is 1. The normalized spacial score (nSPS) is 26.8. The summed E-state index contributed by atoms with van der Waals surface area (Å²) in [5, 5.41) is 17.9. The molecule has 2 aliphatic carbocycles. The lowest BCUT2D eigenvalue weighted by Crippen LogP contribution is -2.49. The van der Waals surface area contributed by atoms with Gasteiger partial charge >= 0.3 is 6.03 Å². The van der Waals surface area contributed by atoms with Gasteiger partial charge < -0.3 is 20.3 Å². The Morgan fingerprint density at radius 3 is 2.50 bits per heavy atom. The quantitative estimate of drug-likeness (QED) is 0.203. The Hall–Kier alpha value is -5.21. The summed E-state index contributed by atoms with van der Waals surface area (Å²) in [5.74, 6) is -6.52. The molecule has 1 saturated carbocycles. The predicted octanol–water partition coefficient (Wildman–Crippen LogP) is 5.30. The number of allylic oxidation sites excluding steroid dienone is 2. The topological polar surface area (TPSA) is 174 Å². The number of thiophene rings is 1. The van der Waals surface area contributed by atoms with Crippen molar-refractivity contribution in [1.29, 1.82) is 0 Å². The number of aromatic nitrogens is 2. The minimum atomic E-state index is -1.49. The highest BCUT2D eigenvalue weighted by Crippen LogP contribution is 2.65. The first-order valence-electron chi connectivity index (χ1n) is 16.7. The number of ether oxygens (including phenoxy) is 2. The Morgan fingerprint density at radius 2 is 1.81 bits per heavy atom. The minimum absolute atomic E-state index is 0.0345. The fourth-order valence-electron chi connectivity index (χ4n) is 9.14. The number of methoxy groups -OCH3 is 2. The van der Waals surface area contributed by atoms with E-state index < -0.39 is 64.7 Å². The summed E-state index contributed by atoms with van der Waals surface area (Å²) in [7, 11) is 4.52. The third-order valence-electron chi connectivity index (χ3n) is 11.5. The molecule has 4 aromatic rings. The first-order valence-corrected chi connectivity index (χ1v) is 17.9. The van der Waals surface area contributed by atoms with Crippen molar-refractivity contribution in [3.63, 3.8) is 0 Å². The summed E-state index contributed by atoms with van der Waals surface area (Å²) in [4.78, 5) is 71.7. The van der Waals surface area contributed by atoms with Crippen molar-refractivity contribution in [3.8, 4) is 27.8 Å². The van der Waals surface area contributed by atoms with E-state index in [1.165, 1.54) is 36.3 Å². The number of aromatic hydroxyl groups is 1. The van der Waals surface area contributed by atoms with E-state index >= 15 is 4.79 Å². The Labute approximate surface area is 306 Å². The average Bonchev–Trinajstić information content (AvgIpc) is 3.78. The maximum absolute atomic E-state index is 15.1. The van der Waals surface area contributed by atoms with Gasteiger partial charge in [0.15, 0.2) is 0 Å². The molecule has 13 nitrogen and oxygen atoms in total. The second kappa shape index (κ2) is 11.7. The molecule has 6 unspecified atom stereocenters. The standard InChI is InChI=1S/C37H34ClN5O8S/c1-15-20-10-16(38)6-9-26(20)52-31(15)23-14-27(41(3)40-23)42-33(46)22-13-21-18(7-8-19-28(21)34(47)43(32(19)45)36(39)49)30(37(22,2)35(42)48)29-24(44)11-17(50-4)12-25(29)51-5/h6-7,9-12,14,19,21-22,28,30,44H,8,13H2,1-5H3,(H2,39,49). The highest BCUT2D eigenvalue weighted by atomic mass is 35.5. The van der Waals surface area contributed by atoms with Crippen LogP contribution in [0.25, 0.3) is 20.7 Å². The summed E-state index contributed by atoms with van der Waals surface area (Å²) in [6, 6.07) is 9.17. The molecule has 2 aromatic carbocycles. The SMILES string of the molecule is COc1cc(O)c(C2C3=CCC4C(=O)N(C(N)=O)C(=O)C4C3CC3C(=O)N(c4cc(-c5sc6ccc(Cl)cc6c5C)nn4C)C(=O)C32C)c(OC)c1. The summed E-state index contributed by atoms with van der Waals surface area (Å²) in [5.41, 5.74) is 6.35. The third-order valence-corrected chi connectivity index (χ3v) is 13.1. The summed E-state index contributed by atoms with van der Waals surface area (Å²) >= 11 is 7.81. The van der Waals surface area contributed by atoms with Crippen LogP contribution in [0, 0.1) is 36.0 Å². The monoisotopic (exact) mass is 743 g/mol. The number of phenolic OH excluding ortho intramolecular Hbond substituents is 1. The van der Waals surface area contributed by atoms with E-state index in [9.17, 15) is 24.3 Å². The van der Waals surface area contributed by atoms with E-state index in [1.807, 2.05) is 25.1 Å². The number of anilines is 1. The minimum Gasteiger partial charge on any atom is -0.507 e. The molecule has 0 radical (unpaired) electrons. The van der Waals surface area contributed by atoms with Crippen LogP contribution in [0.4, 0.5) is 10.6 Å². The van der Waals surface area contributed by atoms with Crippen LogP contribution in [0.15, 0.2) is 48.0 Å². The number of rotatable bonds is 5. The molecule has 52 heavy (non-hydrogen) atoms. The van der Waals surface area contributed by atoms with Gasteiger partial charge in [0.2, 0.25) is 23.6 Å². The van der Waals surface area contributed by atoms with E-state index in [4.69, 9.17) is 31.9 Å². The second-order valence-corrected chi connectivity index (χ2v) is 15.5. The molecule has 6 atom stereocenters. The van der Waals surface area contributed by atoms with Crippen molar-refractivity contribution in [2.24, 2.45) is 41.9 Å². The molecular formula is C37H34ClN5O8S. The fraction of sp³-hybridized carbons (Fsp3) is 0.351. The number of imide groups is 4. The Bertz CT molecular complexity index is 2330. The van der Waals surface area contributed by atoms with Gasteiger partial charge in [0.1, 0.15) is 28.8 Å². The van der Waals surface area contributed by atoms with Gasteiger partial charge in [-0.3, -0.25) is 23.9 Å². The second-order valence-electron chi connectivity index (χ2n) is 14.0. The lowest BCUT2D eigenvalue weighted by molar-refractivity contribution is -0.136. The average molecular weight is 744 g/mol. The van der Waals surface area contributed by atoms with Crippen molar-refractivity contribution in [3.05, 3.63) is 64.2 Å². The van der Waals surface area contributed by atoms with Crippen LogP contribution >= 0.6 is 22.9 Å². The van der Waals surface area contributed by atoms with E-state index in [0.717, 1.165) is 25.4 Å². The molecule has 4 aliphatic rings. The largest absolute Gasteiger partial charge is 0.507 e. The van der Waals surface area contributed by atoms with Crippen LogP contribution in [0.2, 0.25) is 5.02 Å². The Balaban J connectivity index is 1.29. The zero-order valence-electron chi connectivity index (χ0n) is 28.8. The molecule has 3 fully saturated rings. The maximum atomic E-state index is 15.1. The van der Waals surface area contributed by atoms with E-state index in [0.29, 0.717) is 26.9 Å². The van der Waals surface area contributed by atoms with Gasteiger partial charge in [-0.1, -0.05) is 23.3 Å². The molecule has 0 spiro atoms. The van der Waals surface area contributed by atoms with Gasteiger partial charge in [-0.15, -0.1) is 11.3 Å². The number of hydrogen-bond donors (Lipinski definition) is 2. The smallest absolute Gasteiger partial charge is 0.328 e. The van der Waals surface area contributed by atoms with Crippen molar-refractivity contribution in [1.82, 2.24) is 14.7 Å². The van der Waals surface area contributed by atoms with Gasteiger partial charge in [0, 0.05) is 46.5 Å². The lowest BCUT2D eigenvalue weighted by atomic mass is 9.51. The van der Waals surface area contributed by atoms with E-state index in [2.05, 4.69) is 0 Å². The number of carbonyl (C=O) groups is 5. The highest BCUT2D eigenvalue weighted by Gasteiger charge is 2.69. The van der Waals surface area contributed by atoms with Crippen molar-refractivity contribution >= 4 is 68.5 Å². The number of halogens is 1. The van der Waals surface area contributed by atoms with Gasteiger partial charge in [0.05, 0.1) is 42.3 Å². The molecule has 4 heterocycles. The number of fused-ring (bicyclic) bond motifs is 5. The molecule has 2 aliphatic heterocycles. The van der Waals surface area contributed by atoms with Crippen molar-refractivity contribution < 1.29 is 38.6 Å². The number of urea groups is 1. The first kappa shape index (κ1) is 33.9. The van der Waals surface area contributed by atoms with Gasteiger partial charge in [-0.25, -0.2) is 9.69 Å². The summed E-state index contributed by atoms with van der Waals surface area (Å²) in [6.07, 6.45) is 1.93. The summed E-state index contributed by atoms with van der Waals surface area (Å²) < 4.78 is 13.7. The first-order chi connectivity index (χ1) is 24.7. The van der Waals surface area contributed by atoms with Gasteiger partial charge in [0.25, 0.3) is 0 Å². The number of nitrogens with two attached hydrogens (primary N) is 1. The van der Waals surface area contributed by atoms with Crippen LogP contribution in [0.3, 0.4) is 0 Å². The molecular weight excluding hydrogens is 710 g/mol. The number of carbonyl (C=O) groups excluding carboxylic acids is 5. The van der Waals surface area contributed by atoms with E-state index in [1.54, 1.807) is 32.2 Å². The van der Waals surface area contributed by atoms with Crippen LogP contribution in [0.1, 0.15) is 36.8 Å². The lowest BCUT2D eigenvalue weighted by Gasteiger charge is -2.49. The van der Waals surface area contributed by atoms with Crippen LogP contribution < -0.4 is 20.1 Å². The molecule has 2 saturated heterocycles. The molecule has 0 bridgehead atoms. The number of aryl methyl sites for hydroxylation is 2. The summed E-state index contributed by atoms with van der Waals surface area (Å²) in [6.45, 7) is 3.67. The third kappa shape index (κ3) is 4.46. The number of nitrogens with zero attached hydrogens (tertiary/aromatic N) is 4. The molecule has 268 valence electrons. The molecule has 8 rings (SSSR count). The number of primary amides is 1. The highest BCUT2D eigenvalue weighted by molar-refractivity contribution is 7.22. The molecule has 6 amide bonds. The zero-order valence-corrected chi connectivity index (χ0v) is 30.4. The molecule has 15 heteroatoms. The number of benzene rings is 2. The molecule has 2 aromatic heterocycles. The van der Waals surface area contributed by atoms with E-state index in [-0.39, 0.29) is 35.7 Å².